The van der Waals surface area contributed by atoms with E-state index in [-0.39, 0.29) is 11.7 Å². The van der Waals surface area contributed by atoms with Crippen LogP contribution in [0.2, 0.25) is 0 Å². The highest BCUT2D eigenvalue weighted by atomic mass is 16.4. The molecule has 0 aromatic carbocycles. The molecule has 6 heteroatoms. The summed E-state index contributed by atoms with van der Waals surface area (Å²) in [6.45, 7) is 5.12. The lowest BCUT2D eigenvalue weighted by molar-refractivity contribution is 0.0690. The van der Waals surface area contributed by atoms with Crippen LogP contribution in [0.5, 0.6) is 0 Å². The van der Waals surface area contributed by atoms with Crippen molar-refractivity contribution < 1.29 is 9.90 Å². The van der Waals surface area contributed by atoms with Crippen LogP contribution in [0.3, 0.4) is 0 Å². The predicted molar refractivity (Wildman–Crippen MR) is 52.7 cm³/mol. The van der Waals surface area contributed by atoms with Crippen LogP contribution in [-0.4, -0.2) is 50.6 Å². The van der Waals surface area contributed by atoms with Gasteiger partial charge < -0.3 is 10.0 Å². The van der Waals surface area contributed by atoms with E-state index in [2.05, 4.69) is 22.1 Å². The van der Waals surface area contributed by atoms with Gasteiger partial charge in [0.1, 0.15) is 0 Å². The van der Waals surface area contributed by atoms with Crippen molar-refractivity contribution in [3.8, 4) is 0 Å². The van der Waals surface area contributed by atoms with E-state index in [9.17, 15) is 4.79 Å². The Morgan fingerprint density at radius 3 is 3.07 bits per heavy atom. The minimum atomic E-state index is -1.02. The average Bonchev–Trinajstić information content (AvgIpc) is 2.86. The molecule has 82 valence electrons. The summed E-state index contributed by atoms with van der Waals surface area (Å²) >= 11 is 0. The van der Waals surface area contributed by atoms with Crippen LogP contribution in [0.1, 0.15) is 29.9 Å². The molecule has 0 radical (unpaired) electrons. The average molecular weight is 210 g/mol. The standard InChI is InChI=1S/C9H14N4O2/c1-2-12-4-3-7(5-12)13-6-8(9(14)15)10-11-13/h6-7H,2-5H2,1H3,(H,14,15)/t7-/m0/s1. The van der Waals surface area contributed by atoms with E-state index >= 15 is 0 Å². The van der Waals surface area contributed by atoms with Crippen LogP contribution in [0.4, 0.5) is 0 Å². The van der Waals surface area contributed by atoms with Gasteiger partial charge in [0.2, 0.25) is 0 Å². The Hall–Kier alpha value is -1.43. The SMILES string of the molecule is CCN1CC[C@H](n2cc(C(=O)O)nn2)C1. The van der Waals surface area contributed by atoms with Crippen molar-refractivity contribution in [2.75, 3.05) is 19.6 Å². The molecule has 1 aromatic heterocycles. The van der Waals surface area contributed by atoms with Gasteiger partial charge in [-0.1, -0.05) is 12.1 Å². The summed E-state index contributed by atoms with van der Waals surface area (Å²) in [4.78, 5) is 12.9. The first-order valence-electron chi connectivity index (χ1n) is 5.08. The van der Waals surface area contributed by atoms with Gasteiger partial charge in [-0.15, -0.1) is 5.10 Å². The molecule has 2 rings (SSSR count). The lowest BCUT2D eigenvalue weighted by Crippen LogP contribution is -2.21. The number of likely N-dealkylation sites (tertiary alicyclic amines) is 1. The van der Waals surface area contributed by atoms with Crippen molar-refractivity contribution in [2.24, 2.45) is 0 Å². The Kier molecular flexibility index (Phi) is 2.68. The summed E-state index contributed by atoms with van der Waals surface area (Å²) < 4.78 is 1.67. The maximum Gasteiger partial charge on any atom is 0.358 e. The third-order valence-electron chi connectivity index (χ3n) is 2.80. The number of rotatable bonds is 3. The Morgan fingerprint density at radius 1 is 1.73 bits per heavy atom. The van der Waals surface area contributed by atoms with E-state index in [0.29, 0.717) is 0 Å². The van der Waals surface area contributed by atoms with Crippen molar-refractivity contribution in [3.63, 3.8) is 0 Å². The second kappa shape index (κ2) is 3.98. The van der Waals surface area contributed by atoms with Crippen LogP contribution in [-0.2, 0) is 0 Å². The number of nitrogens with zero attached hydrogens (tertiary/aromatic N) is 4. The van der Waals surface area contributed by atoms with E-state index in [1.54, 1.807) is 4.68 Å². The predicted octanol–water partition coefficient (Wildman–Crippen LogP) is 0.243. The summed E-state index contributed by atoms with van der Waals surface area (Å²) in [6.07, 6.45) is 2.52. The van der Waals surface area contributed by atoms with Crippen molar-refractivity contribution >= 4 is 5.97 Å². The zero-order valence-corrected chi connectivity index (χ0v) is 8.63. The largest absolute Gasteiger partial charge is 0.476 e. The second-order valence-corrected chi connectivity index (χ2v) is 3.72. The van der Waals surface area contributed by atoms with Crippen molar-refractivity contribution in [2.45, 2.75) is 19.4 Å². The molecule has 0 unspecified atom stereocenters. The first-order valence-corrected chi connectivity index (χ1v) is 5.08. The summed E-state index contributed by atoms with van der Waals surface area (Å²) in [5.74, 6) is -1.02. The molecule has 6 nitrogen and oxygen atoms in total. The Bertz CT molecular complexity index is 363. The number of likely N-dealkylation sites (N-methyl/N-ethyl adjacent to an activating group) is 1. The normalized spacial score (nSPS) is 22.1. The Balaban J connectivity index is 2.07. The molecule has 1 N–H and O–H groups in total. The Labute approximate surface area is 87.5 Å². The minimum Gasteiger partial charge on any atom is -0.476 e. The van der Waals surface area contributed by atoms with Gasteiger partial charge >= 0.3 is 5.97 Å². The molecule has 2 heterocycles. The van der Waals surface area contributed by atoms with Crippen LogP contribution < -0.4 is 0 Å². The number of hydrogen-bond donors (Lipinski definition) is 1. The molecule has 0 spiro atoms. The first-order chi connectivity index (χ1) is 7.20. The lowest BCUT2D eigenvalue weighted by atomic mass is 10.3. The summed E-state index contributed by atoms with van der Waals surface area (Å²) in [6, 6.07) is 0.269. The van der Waals surface area contributed by atoms with E-state index in [1.165, 1.54) is 6.20 Å². The number of hydrogen-bond acceptors (Lipinski definition) is 4. The molecule has 1 atom stereocenters. The number of carboxylic acids is 1. The molecular weight excluding hydrogens is 196 g/mol. The fourth-order valence-corrected chi connectivity index (χ4v) is 1.87. The number of aromatic carboxylic acids is 1. The summed E-state index contributed by atoms with van der Waals surface area (Å²) in [7, 11) is 0. The zero-order valence-electron chi connectivity index (χ0n) is 8.63. The number of aromatic nitrogens is 3. The monoisotopic (exact) mass is 210 g/mol. The highest BCUT2D eigenvalue weighted by Crippen LogP contribution is 2.19. The fraction of sp³-hybridized carbons (Fsp3) is 0.667. The van der Waals surface area contributed by atoms with Gasteiger partial charge in [-0.2, -0.15) is 0 Å². The van der Waals surface area contributed by atoms with Gasteiger partial charge in [-0.05, 0) is 13.0 Å². The van der Waals surface area contributed by atoms with Gasteiger partial charge in [0.25, 0.3) is 0 Å². The van der Waals surface area contributed by atoms with E-state index in [1.807, 2.05) is 0 Å². The maximum absolute atomic E-state index is 10.6. The lowest BCUT2D eigenvalue weighted by Gasteiger charge is -2.12. The van der Waals surface area contributed by atoms with E-state index < -0.39 is 5.97 Å². The quantitative estimate of drug-likeness (QED) is 0.774. The first kappa shape index (κ1) is 10.1. The molecule has 1 saturated heterocycles. The van der Waals surface area contributed by atoms with Crippen LogP contribution in [0.25, 0.3) is 0 Å². The topological polar surface area (TPSA) is 71.2 Å². The molecule has 1 aromatic rings. The minimum absolute atomic E-state index is 0.0185. The van der Waals surface area contributed by atoms with Gasteiger partial charge in [0.15, 0.2) is 5.69 Å². The maximum atomic E-state index is 10.6. The van der Waals surface area contributed by atoms with Crippen LogP contribution in [0.15, 0.2) is 6.20 Å². The van der Waals surface area contributed by atoms with Crippen LogP contribution >= 0.6 is 0 Å². The molecule has 1 aliphatic rings. The molecular formula is C9H14N4O2. The smallest absolute Gasteiger partial charge is 0.358 e. The second-order valence-electron chi connectivity index (χ2n) is 3.72. The Morgan fingerprint density at radius 2 is 2.53 bits per heavy atom. The highest BCUT2D eigenvalue weighted by Gasteiger charge is 2.24. The summed E-state index contributed by atoms with van der Waals surface area (Å²) in [5, 5.41) is 16.2. The van der Waals surface area contributed by atoms with Crippen molar-refractivity contribution in [3.05, 3.63) is 11.9 Å². The van der Waals surface area contributed by atoms with Gasteiger partial charge in [-0.3, -0.25) is 0 Å². The van der Waals surface area contributed by atoms with Crippen LogP contribution in [0, 0.1) is 0 Å². The molecule has 1 fully saturated rings. The number of carbonyl (C=O) groups is 1. The van der Waals surface area contributed by atoms with Crippen molar-refractivity contribution in [1.82, 2.24) is 19.9 Å². The molecule has 0 bridgehead atoms. The van der Waals surface area contributed by atoms with E-state index in [4.69, 9.17) is 5.11 Å². The molecule has 0 saturated carbocycles. The third-order valence-corrected chi connectivity index (χ3v) is 2.80. The molecule has 0 aliphatic carbocycles. The van der Waals surface area contributed by atoms with Gasteiger partial charge in [-0.25, -0.2) is 9.48 Å². The molecule has 1 aliphatic heterocycles. The zero-order chi connectivity index (χ0) is 10.8. The van der Waals surface area contributed by atoms with Crippen molar-refractivity contribution in [1.29, 1.82) is 0 Å². The number of carboxylic acid groups (broad SMARTS) is 1. The van der Waals surface area contributed by atoms with E-state index in [0.717, 1.165) is 26.1 Å². The van der Waals surface area contributed by atoms with Gasteiger partial charge in [0, 0.05) is 13.1 Å². The highest BCUT2D eigenvalue weighted by molar-refractivity contribution is 5.84. The van der Waals surface area contributed by atoms with Gasteiger partial charge in [0.05, 0.1) is 12.2 Å². The third kappa shape index (κ3) is 1.99. The molecule has 15 heavy (non-hydrogen) atoms. The summed E-state index contributed by atoms with van der Waals surface area (Å²) in [5.41, 5.74) is 0.0185. The fourth-order valence-electron chi connectivity index (χ4n) is 1.87. The molecule has 0 amide bonds.